The molecule has 1 amide bonds. The topological polar surface area (TPSA) is 36.4 Å². The molecule has 4 nitrogen and oxygen atoms in total. The lowest BCUT2D eigenvalue weighted by molar-refractivity contribution is -0.128. The molecule has 1 aromatic heterocycles. The van der Waals surface area contributed by atoms with Gasteiger partial charge in [0.1, 0.15) is 11.0 Å². The molecule has 0 aromatic carbocycles. The van der Waals surface area contributed by atoms with Crippen molar-refractivity contribution in [2.75, 3.05) is 31.1 Å². The van der Waals surface area contributed by atoms with Crippen molar-refractivity contribution in [3.63, 3.8) is 0 Å². The van der Waals surface area contributed by atoms with E-state index < -0.39 is 0 Å². The molecule has 2 rings (SSSR count). The van der Waals surface area contributed by atoms with Crippen molar-refractivity contribution in [3.05, 3.63) is 21.3 Å². The summed E-state index contributed by atoms with van der Waals surface area (Å²) in [6, 6.07) is 1.60. The molecule has 0 saturated carbocycles. The molecule has 0 bridgehead atoms. The highest BCUT2D eigenvalue weighted by molar-refractivity contribution is 6.42. The van der Waals surface area contributed by atoms with Gasteiger partial charge in [0.2, 0.25) is 5.91 Å². The van der Waals surface area contributed by atoms with Crippen molar-refractivity contribution in [1.29, 1.82) is 0 Å². The number of halogens is 3. The first-order valence-electron chi connectivity index (χ1n) is 6.01. The number of carbonyl (C=O) groups excluding carboxylic acids is 1. The summed E-state index contributed by atoms with van der Waals surface area (Å²) in [6.45, 7) is 4.47. The van der Waals surface area contributed by atoms with Crippen LogP contribution in [0.4, 0.5) is 5.82 Å². The van der Waals surface area contributed by atoms with Gasteiger partial charge in [-0.2, -0.15) is 0 Å². The van der Waals surface area contributed by atoms with Crippen LogP contribution in [0.15, 0.2) is 6.07 Å². The van der Waals surface area contributed by atoms with Crippen LogP contribution in [-0.4, -0.2) is 42.0 Å². The molecular formula is C12H14Cl3N3O. The first kappa shape index (κ1) is 14.7. The second-order valence-electron chi connectivity index (χ2n) is 4.41. The Morgan fingerprint density at radius 2 is 1.89 bits per heavy atom. The molecule has 0 aliphatic carbocycles. The maximum absolute atomic E-state index is 11.4. The smallest absolute Gasteiger partial charge is 0.219 e. The van der Waals surface area contributed by atoms with E-state index in [0.29, 0.717) is 29.0 Å². The molecule has 7 heteroatoms. The van der Waals surface area contributed by atoms with Gasteiger partial charge in [-0.3, -0.25) is 4.79 Å². The molecule has 0 atom stereocenters. The predicted octanol–water partition coefficient (Wildman–Crippen LogP) is 3.10. The molecule has 0 unspecified atom stereocenters. The summed E-state index contributed by atoms with van der Waals surface area (Å²) in [5.74, 6) is 0.719. The molecule has 1 aliphatic heterocycles. The summed E-state index contributed by atoms with van der Waals surface area (Å²) in [4.78, 5) is 19.5. The monoisotopic (exact) mass is 321 g/mol. The van der Waals surface area contributed by atoms with Crippen LogP contribution >= 0.6 is 34.8 Å². The van der Waals surface area contributed by atoms with E-state index in [-0.39, 0.29) is 11.1 Å². The zero-order valence-electron chi connectivity index (χ0n) is 10.5. The van der Waals surface area contributed by atoms with Gasteiger partial charge in [-0.1, -0.05) is 34.8 Å². The minimum Gasteiger partial charge on any atom is -0.353 e. The Hall–Kier alpha value is -0.710. The van der Waals surface area contributed by atoms with Crippen LogP contribution in [0.2, 0.25) is 15.2 Å². The van der Waals surface area contributed by atoms with E-state index in [4.69, 9.17) is 34.8 Å². The summed E-state index contributed by atoms with van der Waals surface area (Å²) in [5.41, 5.74) is 0. The molecule has 19 heavy (non-hydrogen) atoms. The van der Waals surface area contributed by atoms with E-state index in [9.17, 15) is 4.79 Å². The van der Waals surface area contributed by atoms with E-state index in [1.54, 1.807) is 13.0 Å². The van der Waals surface area contributed by atoms with Crippen LogP contribution in [0.1, 0.15) is 13.3 Å². The van der Waals surface area contributed by atoms with E-state index in [1.165, 1.54) is 0 Å². The molecule has 0 N–H and O–H groups in total. The average molecular weight is 323 g/mol. The Kier molecular flexibility index (Phi) is 4.76. The third-order valence-electron chi connectivity index (χ3n) is 3.11. The normalized spacial score (nSPS) is 16.4. The second-order valence-corrected chi connectivity index (χ2v) is 5.59. The van der Waals surface area contributed by atoms with Gasteiger partial charge in [0.05, 0.1) is 10.0 Å². The number of hydrogen-bond acceptors (Lipinski definition) is 3. The van der Waals surface area contributed by atoms with E-state index in [2.05, 4.69) is 4.98 Å². The Balaban J connectivity index is 2.18. The molecule has 1 saturated heterocycles. The molecule has 2 heterocycles. The standard InChI is InChI=1S/C12H14Cl3N3O/c1-8(19)17-3-2-4-18(6-5-17)12-10(14)7-9(13)11(15)16-12/h7H,2-6H2,1H3. The number of anilines is 1. The van der Waals surface area contributed by atoms with Crippen molar-refractivity contribution in [3.8, 4) is 0 Å². The maximum atomic E-state index is 11.4. The third-order valence-corrected chi connectivity index (χ3v) is 4.06. The number of rotatable bonds is 1. The van der Waals surface area contributed by atoms with E-state index in [1.807, 2.05) is 9.80 Å². The number of aromatic nitrogens is 1. The fourth-order valence-corrected chi connectivity index (χ4v) is 2.71. The van der Waals surface area contributed by atoms with E-state index in [0.717, 1.165) is 19.5 Å². The van der Waals surface area contributed by atoms with Gasteiger partial charge in [0.15, 0.2) is 0 Å². The molecule has 1 fully saturated rings. The number of pyridine rings is 1. The first-order chi connectivity index (χ1) is 8.99. The van der Waals surface area contributed by atoms with Gasteiger partial charge < -0.3 is 9.80 Å². The summed E-state index contributed by atoms with van der Waals surface area (Å²) < 4.78 is 0. The highest BCUT2D eigenvalue weighted by atomic mass is 35.5. The Morgan fingerprint density at radius 1 is 1.16 bits per heavy atom. The van der Waals surface area contributed by atoms with Crippen molar-refractivity contribution in [2.45, 2.75) is 13.3 Å². The molecule has 0 radical (unpaired) electrons. The summed E-state index contributed by atoms with van der Waals surface area (Å²) in [7, 11) is 0. The summed E-state index contributed by atoms with van der Waals surface area (Å²) in [6.07, 6.45) is 0.873. The Bertz CT molecular complexity index is 495. The molecular weight excluding hydrogens is 309 g/mol. The zero-order chi connectivity index (χ0) is 14.0. The van der Waals surface area contributed by atoms with Crippen molar-refractivity contribution < 1.29 is 4.79 Å². The predicted molar refractivity (Wildman–Crippen MR) is 78.4 cm³/mol. The average Bonchev–Trinajstić information content (AvgIpc) is 2.59. The molecule has 104 valence electrons. The molecule has 0 spiro atoms. The number of amides is 1. The van der Waals surface area contributed by atoms with Gasteiger partial charge in [-0.25, -0.2) is 4.98 Å². The second kappa shape index (κ2) is 6.16. The Labute approximate surface area is 127 Å². The van der Waals surface area contributed by atoms with Gasteiger partial charge in [-0.05, 0) is 12.5 Å². The van der Waals surface area contributed by atoms with Crippen LogP contribution in [0.5, 0.6) is 0 Å². The van der Waals surface area contributed by atoms with Gasteiger partial charge >= 0.3 is 0 Å². The quantitative estimate of drug-likeness (QED) is 0.746. The highest BCUT2D eigenvalue weighted by Crippen LogP contribution is 2.31. The molecule has 1 aliphatic rings. The minimum atomic E-state index is 0.0926. The third kappa shape index (κ3) is 3.44. The highest BCUT2D eigenvalue weighted by Gasteiger charge is 2.20. The van der Waals surface area contributed by atoms with Crippen LogP contribution in [0.3, 0.4) is 0 Å². The Morgan fingerprint density at radius 3 is 2.58 bits per heavy atom. The van der Waals surface area contributed by atoms with Crippen LogP contribution < -0.4 is 4.90 Å². The van der Waals surface area contributed by atoms with Gasteiger partial charge in [0.25, 0.3) is 0 Å². The fraction of sp³-hybridized carbons (Fsp3) is 0.500. The van der Waals surface area contributed by atoms with Crippen molar-refractivity contribution in [2.24, 2.45) is 0 Å². The lowest BCUT2D eigenvalue weighted by Gasteiger charge is -2.23. The van der Waals surface area contributed by atoms with Gasteiger partial charge in [0, 0.05) is 33.1 Å². The minimum absolute atomic E-state index is 0.0926. The van der Waals surface area contributed by atoms with Crippen LogP contribution in [0.25, 0.3) is 0 Å². The fourth-order valence-electron chi connectivity index (χ4n) is 2.10. The largest absolute Gasteiger partial charge is 0.353 e. The lowest BCUT2D eigenvalue weighted by atomic mass is 10.3. The van der Waals surface area contributed by atoms with Crippen molar-refractivity contribution in [1.82, 2.24) is 9.88 Å². The number of carbonyl (C=O) groups is 1. The van der Waals surface area contributed by atoms with Crippen LogP contribution in [0, 0.1) is 0 Å². The number of hydrogen-bond donors (Lipinski definition) is 0. The van der Waals surface area contributed by atoms with Crippen LogP contribution in [-0.2, 0) is 4.79 Å². The summed E-state index contributed by atoms with van der Waals surface area (Å²) >= 11 is 18.0. The zero-order valence-corrected chi connectivity index (χ0v) is 12.8. The van der Waals surface area contributed by atoms with Gasteiger partial charge in [-0.15, -0.1) is 0 Å². The molecule has 1 aromatic rings. The first-order valence-corrected chi connectivity index (χ1v) is 7.14. The summed E-state index contributed by atoms with van der Waals surface area (Å²) in [5, 5.41) is 1.06. The lowest BCUT2D eigenvalue weighted by Crippen LogP contribution is -2.34. The maximum Gasteiger partial charge on any atom is 0.219 e. The van der Waals surface area contributed by atoms with E-state index >= 15 is 0 Å². The van der Waals surface area contributed by atoms with Crippen molar-refractivity contribution >= 4 is 46.5 Å². The number of nitrogens with zero attached hydrogens (tertiary/aromatic N) is 3. The SMILES string of the molecule is CC(=O)N1CCCN(c2nc(Cl)c(Cl)cc2Cl)CC1.